The Balaban J connectivity index is 2.68. The third-order valence-electron chi connectivity index (χ3n) is 2.34. The average molecular weight is 219 g/mol. The fraction of sp³-hybridized carbons (Fsp3) is 0.500. The second-order valence-electron chi connectivity index (χ2n) is 3.98. The van der Waals surface area contributed by atoms with Crippen molar-refractivity contribution >= 4 is 5.71 Å². The Kier molecular flexibility index (Phi) is 5.79. The third-order valence-corrected chi connectivity index (χ3v) is 2.34. The van der Waals surface area contributed by atoms with Gasteiger partial charge < -0.3 is 4.74 Å². The van der Waals surface area contributed by atoms with Gasteiger partial charge in [-0.05, 0) is 18.4 Å². The van der Waals surface area contributed by atoms with E-state index in [1.54, 1.807) is 0 Å². The normalized spacial score (nSPS) is 12.1. The molecule has 0 fully saturated rings. The summed E-state index contributed by atoms with van der Waals surface area (Å²) in [6, 6.07) is 10.4. The van der Waals surface area contributed by atoms with Gasteiger partial charge in [0.15, 0.2) is 0 Å². The van der Waals surface area contributed by atoms with Gasteiger partial charge in [-0.2, -0.15) is 0 Å². The van der Waals surface area contributed by atoms with Gasteiger partial charge in [0.25, 0.3) is 0 Å². The zero-order valence-electron chi connectivity index (χ0n) is 10.4. The molecule has 0 saturated carbocycles. The van der Waals surface area contributed by atoms with Crippen LogP contribution in [0, 0.1) is 5.92 Å². The Bertz CT molecular complexity index is 317. The van der Waals surface area contributed by atoms with Crippen molar-refractivity contribution in [2.45, 2.75) is 20.8 Å². The summed E-state index contributed by atoms with van der Waals surface area (Å²) in [6.45, 7) is 8.57. The molecule has 0 unspecified atom stereocenters. The van der Waals surface area contributed by atoms with E-state index in [0.29, 0.717) is 12.5 Å². The van der Waals surface area contributed by atoms with Crippen LogP contribution in [0.1, 0.15) is 26.3 Å². The summed E-state index contributed by atoms with van der Waals surface area (Å²) >= 11 is 0. The maximum atomic E-state index is 5.29. The minimum absolute atomic E-state index is 0.448. The number of hydrogen-bond donors (Lipinski definition) is 0. The fourth-order valence-electron chi connectivity index (χ4n) is 1.59. The van der Waals surface area contributed by atoms with Crippen LogP contribution in [0.2, 0.25) is 0 Å². The molecule has 0 aliphatic rings. The lowest BCUT2D eigenvalue weighted by atomic mass is 10.00. The summed E-state index contributed by atoms with van der Waals surface area (Å²) in [5.74, 6) is 0.448. The van der Waals surface area contributed by atoms with Gasteiger partial charge in [-0.25, -0.2) is 0 Å². The predicted octanol–water partition coefficient (Wildman–Crippen LogP) is 3.17. The van der Waals surface area contributed by atoms with Crippen LogP contribution in [0.5, 0.6) is 0 Å². The molecule has 0 amide bonds. The maximum Gasteiger partial charge on any atom is 0.0661 e. The number of nitrogens with zero attached hydrogens (tertiary/aromatic N) is 1. The maximum absolute atomic E-state index is 5.29. The Morgan fingerprint density at radius 1 is 1.25 bits per heavy atom. The summed E-state index contributed by atoms with van der Waals surface area (Å²) in [4.78, 5) is 4.62. The Labute approximate surface area is 98.4 Å². The fourth-order valence-corrected chi connectivity index (χ4v) is 1.59. The lowest BCUT2D eigenvalue weighted by molar-refractivity contribution is 0.156. The van der Waals surface area contributed by atoms with Gasteiger partial charge in [0.2, 0.25) is 0 Å². The monoisotopic (exact) mass is 219 g/mol. The third kappa shape index (κ3) is 4.15. The number of hydrogen-bond acceptors (Lipinski definition) is 2. The Morgan fingerprint density at radius 3 is 2.50 bits per heavy atom. The van der Waals surface area contributed by atoms with Gasteiger partial charge in [0.1, 0.15) is 0 Å². The number of ether oxygens (including phenoxy) is 1. The zero-order chi connectivity index (χ0) is 11.8. The van der Waals surface area contributed by atoms with Crippen molar-refractivity contribution in [2.24, 2.45) is 10.9 Å². The van der Waals surface area contributed by atoms with Gasteiger partial charge in [0, 0.05) is 12.3 Å². The van der Waals surface area contributed by atoms with E-state index in [-0.39, 0.29) is 0 Å². The van der Waals surface area contributed by atoms with E-state index in [1.165, 1.54) is 11.3 Å². The van der Waals surface area contributed by atoms with Crippen LogP contribution < -0.4 is 0 Å². The molecule has 2 nitrogen and oxygen atoms in total. The van der Waals surface area contributed by atoms with Crippen molar-refractivity contribution in [3.05, 3.63) is 35.9 Å². The second-order valence-corrected chi connectivity index (χ2v) is 3.98. The number of aliphatic imine (C=N–C) groups is 1. The second kappa shape index (κ2) is 7.18. The molecular formula is C14H21NO. The molecule has 1 aromatic rings. The van der Waals surface area contributed by atoms with E-state index < -0.39 is 0 Å². The van der Waals surface area contributed by atoms with E-state index in [4.69, 9.17) is 4.74 Å². The molecule has 0 atom stereocenters. The largest absolute Gasteiger partial charge is 0.380 e. The van der Waals surface area contributed by atoms with Crippen LogP contribution >= 0.6 is 0 Å². The lowest BCUT2D eigenvalue weighted by Gasteiger charge is -2.10. The summed E-state index contributed by atoms with van der Waals surface area (Å²) in [5.41, 5.74) is 2.38. The van der Waals surface area contributed by atoms with Crippen molar-refractivity contribution in [1.29, 1.82) is 0 Å². The molecular weight excluding hydrogens is 198 g/mol. The molecule has 0 N–H and O–H groups in total. The molecule has 0 heterocycles. The molecule has 1 rings (SSSR count). The first-order valence-electron chi connectivity index (χ1n) is 5.93. The van der Waals surface area contributed by atoms with Gasteiger partial charge >= 0.3 is 0 Å². The Morgan fingerprint density at radius 2 is 1.94 bits per heavy atom. The summed E-state index contributed by atoms with van der Waals surface area (Å²) in [6.07, 6.45) is 0. The molecule has 0 bridgehead atoms. The van der Waals surface area contributed by atoms with E-state index in [2.05, 4.69) is 43.1 Å². The Hall–Kier alpha value is -1.15. The topological polar surface area (TPSA) is 21.6 Å². The number of benzene rings is 1. The highest BCUT2D eigenvalue weighted by Crippen LogP contribution is 2.09. The van der Waals surface area contributed by atoms with E-state index >= 15 is 0 Å². The smallest absolute Gasteiger partial charge is 0.0661 e. The minimum Gasteiger partial charge on any atom is -0.380 e. The van der Waals surface area contributed by atoms with Crippen LogP contribution in [-0.4, -0.2) is 25.5 Å². The van der Waals surface area contributed by atoms with Crippen LogP contribution in [0.3, 0.4) is 0 Å². The van der Waals surface area contributed by atoms with Gasteiger partial charge in [0.05, 0.1) is 13.2 Å². The van der Waals surface area contributed by atoms with Crippen molar-refractivity contribution in [3.8, 4) is 0 Å². The first-order chi connectivity index (χ1) is 7.75. The van der Waals surface area contributed by atoms with E-state index in [9.17, 15) is 0 Å². The van der Waals surface area contributed by atoms with Crippen molar-refractivity contribution in [3.63, 3.8) is 0 Å². The molecule has 88 valence electrons. The minimum atomic E-state index is 0.448. The molecule has 0 aliphatic carbocycles. The van der Waals surface area contributed by atoms with Crippen LogP contribution in [0.15, 0.2) is 35.3 Å². The number of rotatable bonds is 6. The van der Waals surface area contributed by atoms with Gasteiger partial charge in [-0.15, -0.1) is 0 Å². The molecule has 0 aliphatic heterocycles. The molecule has 1 aromatic carbocycles. The van der Waals surface area contributed by atoms with Crippen molar-refractivity contribution in [2.75, 3.05) is 19.8 Å². The van der Waals surface area contributed by atoms with Gasteiger partial charge in [-0.3, -0.25) is 4.99 Å². The highest BCUT2D eigenvalue weighted by molar-refractivity contribution is 6.01. The quantitative estimate of drug-likeness (QED) is 0.532. The van der Waals surface area contributed by atoms with E-state index in [1.807, 2.05) is 13.0 Å². The molecule has 2 heteroatoms. The molecule has 16 heavy (non-hydrogen) atoms. The summed E-state index contributed by atoms with van der Waals surface area (Å²) in [7, 11) is 0. The van der Waals surface area contributed by atoms with Gasteiger partial charge in [-0.1, -0.05) is 44.2 Å². The molecule has 0 aromatic heterocycles. The zero-order valence-corrected chi connectivity index (χ0v) is 10.4. The highest BCUT2D eigenvalue weighted by atomic mass is 16.5. The average Bonchev–Trinajstić information content (AvgIpc) is 2.30. The standard InChI is InChI=1S/C14H21NO/c1-4-16-11-10-15-14(12(2)3)13-8-6-5-7-9-13/h5-9,12H,4,10-11H2,1-3H3. The SMILES string of the molecule is CCOCCN=C(c1ccccc1)C(C)C. The highest BCUT2D eigenvalue weighted by Gasteiger charge is 2.06. The van der Waals surface area contributed by atoms with Crippen molar-refractivity contribution < 1.29 is 4.74 Å². The first kappa shape index (κ1) is 12.9. The first-order valence-corrected chi connectivity index (χ1v) is 5.93. The molecule has 0 spiro atoms. The summed E-state index contributed by atoms with van der Waals surface area (Å²) in [5, 5.41) is 0. The lowest BCUT2D eigenvalue weighted by Crippen LogP contribution is -2.11. The molecule has 0 saturated heterocycles. The predicted molar refractivity (Wildman–Crippen MR) is 69.2 cm³/mol. The van der Waals surface area contributed by atoms with Crippen LogP contribution in [0.4, 0.5) is 0 Å². The summed E-state index contributed by atoms with van der Waals surface area (Å²) < 4.78 is 5.29. The van der Waals surface area contributed by atoms with E-state index in [0.717, 1.165) is 13.2 Å². The van der Waals surface area contributed by atoms with Crippen molar-refractivity contribution in [1.82, 2.24) is 0 Å². The van der Waals surface area contributed by atoms with Crippen LogP contribution in [-0.2, 0) is 4.74 Å². The van der Waals surface area contributed by atoms with Crippen LogP contribution in [0.25, 0.3) is 0 Å². The molecule has 0 radical (unpaired) electrons.